The molecule has 1 saturated heterocycles. The predicted octanol–water partition coefficient (Wildman–Crippen LogP) is 2.81. The largest absolute Gasteiger partial charge is 0.497 e. The molecule has 0 saturated carbocycles. The molecule has 0 unspecified atom stereocenters. The number of rotatable bonds is 4. The molecule has 0 bridgehead atoms. The highest BCUT2D eigenvalue weighted by atomic mass is 16.5. The zero-order valence-electron chi connectivity index (χ0n) is 13.2. The highest BCUT2D eigenvalue weighted by Gasteiger charge is 2.33. The Morgan fingerprint density at radius 2 is 2.23 bits per heavy atom. The number of amides is 1. The van der Waals surface area contributed by atoms with Crippen LogP contribution in [0.25, 0.3) is 11.3 Å². The molecule has 1 aliphatic heterocycles. The van der Waals surface area contributed by atoms with Crippen molar-refractivity contribution in [3.63, 3.8) is 0 Å². The maximum absolute atomic E-state index is 12.0. The smallest absolute Gasteiger partial charge is 0.223 e. The third kappa shape index (κ3) is 2.71. The van der Waals surface area contributed by atoms with Gasteiger partial charge in [-0.25, -0.2) is 4.98 Å². The lowest BCUT2D eigenvalue weighted by molar-refractivity contribution is -0.129. The molecule has 1 aromatic carbocycles. The summed E-state index contributed by atoms with van der Waals surface area (Å²) in [5.74, 6) is 2.05. The van der Waals surface area contributed by atoms with Crippen molar-refractivity contribution in [3.8, 4) is 17.0 Å². The van der Waals surface area contributed by atoms with E-state index in [2.05, 4.69) is 9.97 Å². The molecule has 1 aliphatic rings. The number of likely N-dealkylation sites (tertiary alicyclic amines) is 1. The molecule has 1 amide bonds. The van der Waals surface area contributed by atoms with E-state index in [4.69, 9.17) is 4.74 Å². The summed E-state index contributed by atoms with van der Waals surface area (Å²) in [5.41, 5.74) is 1.98. The molecule has 1 fully saturated rings. The molecular weight excluding hydrogens is 278 g/mol. The van der Waals surface area contributed by atoms with Crippen LogP contribution < -0.4 is 4.74 Å². The van der Waals surface area contributed by atoms with Gasteiger partial charge < -0.3 is 14.6 Å². The van der Waals surface area contributed by atoms with E-state index in [0.717, 1.165) is 29.4 Å². The predicted molar refractivity (Wildman–Crippen MR) is 84.8 cm³/mol. The van der Waals surface area contributed by atoms with Crippen molar-refractivity contribution in [1.82, 2.24) is 14.9 Å². The summed E-state index contributed by atoms with van der Waals surface area (Å²) in [6, 6.07) is 8.09. The second-order valence-electron chi connectivity index (χ2n) is 5.95. The van der Waals surface area contributed by atoms with Crippen molar-refractivity contribution >= 4 is 5.91 Å². The normalized spacial score (nSPS) is 18.3. The third-order valence-electron chi connectivity index (χ3n) is 4.14. The van der Waals surface area contributed by atoms with Crippen LogP contribution in [0.2, 0.25) is 0 Å². The number of nitrogens with one attached hydrogen (secondary N) is 1. The van der Waals surface area contributed by atoms with Crippen LogP contribution in [0.1, 0.15) is 32.0 Å². The Morgan fingerprint density at radius 3 is 2.91 bits per heavy atom. The van der Waals surface area contributed by atoms with Gasteiger partial charge in [-0.05, 0) is 26.0 Å². The highest BCUT2D eigenvalue weighted by Crippen LogP contribution is 2.30. The minimum Gasteiger partial charge on any atom is -0.497 e. The molecule has 5 heteroatoms. The number of benzene rings is 1. The SMILES string of the molecule is COc1cccc(-c2cnc([C@@H]3CC(=O)N(C(C)C)C3)[nH]2)c1. The van der Waals surface area contributed by atoms with Crippen LogP contribution in [0.4, 0.5) is 0 Å². The maximum atomic E-state index is 12.0. The summed E-state index contributed by atoms with van der Waals surface area (Å²) in [5, 5.41) is 0. The van der Waals surface area contributed by atoms with Crippen LogP contribution >= 0.6 is 0 Å². The van der Waals surface area contributed by atoms with Gasteiger partial charge in [0.05, 0.1) is 19.0 Å². The Morgan fingerprint density at radius 1 is 1.41 bits per heavy atom. The van der Waals surface area contributed by atoms with Gasteiger partial charge in [-0.1, -0.05) is 12.1 Å². The van der Waals surface area contributed by atoms with Gasteiger partial charge in [0.2, 0.25) is 5.91 Å². The van der Waals surface area contributed by atoms with E-state index < -0.39 is 0 Å². The number of aromatic amines is 1. The van der Waals surface area contributed by atoms with E-state index in [1.165, 1.54) is 0 Å². The second-order valence-corrected chi connectivity index (χ2v) is 5.95. The minimum atomic E-state index is 0.147. The second kappa shape index (κ2) is 5.83. The Balaban J connectivity index is 1.81. The summed E-state index contributed by atoms with van der Waals surface area (Å²) in [6.07, 6.45) is 2.36. The van der Waals surface area contributed by atoms with Crippen LogP contribution in [0.15, 0.2) is 30.5 Å². The number of H-pyrrole nitrogens is 1. The minimum absolute atomic E-state index is 0.147. The summed E-state index contributed by atoms with van der Waals surface area (Å²) in [7, 11) is 1.65. The summed E-state index contributed by atoms with van der Waals surface area (Å²) < 4.78 is 5.25. The molecule has 1 N–H and O–H groups in total. The molecule has 2 heterocycles. The Labute approximate surface area is 130 Å². The molecule has 22 heavy (non-hydrogen) atoms. The van der Waals surface area contributed by atoms with Gasteiger partial charge in [0.1, 0.15) is 11.6 Å². The molecule has 3 rings (SSSR count). The average molecular weight is 299 g/mol. The zero-order chi connectivity index (χ0) is 15.7. The lowest BCUT2D eigenvalue weighted by atomic mass is 10.1. The molecular formula is C17H21N3O2. The first-order chi connectivity index (χ1) is 10.6. The van der Waals surface area contributed by atoms with E-state index in [0.29, 0.717) is 6.42 Å². The van der Waals surface area contributed by atoms with Crippen molar-refractivity contribution in [2.45, 2.75) is 32.2 Å². The van der Waals surface area contributed by atoms with Crippen molar-refractivity contribution in [2.75, 3.05) is 13.7 Å². The highest BCUT2D eigenvalue weighted by molar-refractivity contribution is 5.79. The number of methoxy groups -OCH3 is 1. The summed E-state index contributed by atoms with van der Waals surface area (Å²) in [6.45, 7) is 4.83. The molecule has 0 aliphatic carbocycles. The van der Waals surface area contributed by atoms with Crippen LogP contribution in [-0.2, 0) is 4.79 Å². The quantitative estimate of drug-likeness (QED) is 0.944. The van der Waals surface area contributed by atoms with Gasteiger partial charge in [0.15, 0.2) is 0 Å². The van der Waals surface area contributed by atoms with Crippen LogP contribution in [-0.4, -0.2) is 40.5 Å². The van der Waals surface area contributed by atoms with Gasteiger partial charge in [-0.3, -0.25) is 4.79 Å². The number of aromatic nitrogens is 2. The third-order valence-corrected chi connectivity index (χ3v) is 4.14. The lowest BCUT2D eigenvalue weighted by Gasteiger charge is -2.20. The van der Waals surface area contributed by atoms with Crippen molar-refractivity contribution in [3.05, 3.63) is 36.3 Å². The molecule has 2 aromatic rings. The number of hydrogen-bond acceptors (Lipinski definition) is 3. The Hall–Kier alpha value is -2.30. The number of imidazole rings is 1. The fourth-order valence-electron chi connectivity index (χ4n) is 2.90. The first kappa shape index (κ1) is 14.6. The molecule has 0 radical (unpaired) electrons. The number of hydrogen-bond donors (Lipinski definition) is 1. The van der Waals surface area contributed by atoms with Gasteiger partial charge in [0, 0.05) is 30.5 Å². The molecule has 1 aromatic heterocycles. The van der Waals surface area contributed by atoms with Crippen LogP contribution in [0, 0.1) is 0 Å². The van der Waals surface area contributed by atoms with Crippen molar-refractivity contribution < 1.29 is 9.53 Å². The van der Waals surface area contributed by atoms with E-state index in [-0.39, 0.29) is 17.9 Å². The molecule has 5 nitrogen and oxygen atoms in total. The average Bonchev–Trinajstić information content (AvgIpc) is 3.13. The number of carbonyl (C=O) groups is 1. The Kier molecular flexibility index (Phi) is 3.88. The topological polar surface area (TPSA) is 58.2 Å². The van der Waals surface area contributed by atoms with E-state index >= 15 is 0 Å². The van der Waals surface area contributed by atoms with Crippen molar-refractivity contribution in [2.24, 2.45) is 0 Å². The maximum Gasteiger partial charge on any atom is 0.223 e. The van der Waals surface area contributed by atoms with Gasteiger partial charge in [-0.2, -0.15) is 0 Å². The number of ether oxygens (including phenoxy) is 1. The lowest BCUT2D eigenvalue weighted by Crippen LogP contribution is -2.31. The first-order valence-corrected chi connectivity index (χ1v) is 7.57. The van der Waals surface area contributed by atoms with E-state index in [1.807, 2.05) is 49.2 Å². The Bertz CT molecular complexity index is 678. The molecule has 116 valence electrons. The first-order valence-electron chi connectivity index (χ1n) is 7.57. The zero-order valence-corrected chi connectivity index (χ0v) is 13.2. The summed E-state index contributed by atoms with van der Waals surface area (Å²) >= 11 is 0. The monoisotopic (exact) mass is 299 g/mol. The van der Waals surface area contributed by atoms with Crippen LogP contribution in [0.5, 0.6) is 5.75 Å². The standard InChI is InChI=1S/C17H21N3O2/c1-11(2)20-10-13(8-16(20)21)17-18-9-15(19-17)12-5-4-6-14(7-12)22-3/h4-7,9,11,13H,8,10H2,1-3H3,(H,18,19)/t13-/m1/s1. The number of nitrogens with zero attached hydrogens (tertiary/aromatic N) is 2. The fraction of sp³-hybridized carbons (Fsp3) is 0.412. The number of carbonyl (C=O) groups excluding carboxylic acids is 1. The molecule has 0 spiro atoms. The van der Waals surface area contributed by atoms with E-state index in [1.54, 1.807) is 7.11 Å². The fourth-order valence-corrected chi connectivity index (χ4v) is 2.90. The van der Waals surface area contributed by atoms with E-state index in [9.17, 15) is 4.79 Å². The van der Waals surface area contributed by atoms with Crippen LogP contribution in [0.3, 0.4) is 0 Å². The summed E-state index contributed by atoms with van der Waals surface area (Å²) in [4.78, 5) is 21.8. The van der Waals surface area contributed by atoms with Gasteiger partial charge >= 0.3 is 0 Å². The molecule has 1 atom stereocenters. The van der Waals surface area contributed by atoms with Gasteiger partial charge in [0.25, 0.3) is 0 Å². The van der Waals surface area contributed by atoms with Gasteiger partial charge in [-0.15, -0.1) is 0 Å². The van der Waals surface area contributed by atoms with Crippen molar-refractivity contribution in [1.29, 1.82) is 0 Å².